The molecule has 124 valence electrons. The Labute approximate surface area is 140 Å². The van der Waals surface area contributed by atoms with Crippen molar-refractivity contribution in [1.29, 1.82) is 0 Å². The third-order valence-electron chi connectivity index (χ3n) is 3.53. The summed E-state index contributed by atoms with van der Waals surface area (Å²) in [5.74, 6) is 0.223. The van der Waals surface area contributed by atoms with Crippen molar-refractivity contribution in [2.75, 3.05) is 0 Å². The fourth-order valence-corrected chi connectivity index (χ4v) is 2.42. The Morgan fingerprint density at radius 3 is 2.54 bits per heavy atom. The van der Waals surface area contributed by atoms with Crippen molar-refractivity contribution in [3.8, 4) is 11.5 Å². The number of nitrogens with zero attached hydrogens (tertiary/aromatic N) is 4. The quantitative estimate of drug-likeness (QED) is 0.677. The average molecular weight is 324 g/mol. The molecule has 1 aromatic carbocycles. The highest BCUT2D eigenvalue weighted by molar-refractivity contribution is 5.87. The lowest BCUT2D eigenvalue weighted by Gasteiger charge is -2.18. The highest BCUT2D eigenvalue weighted by atomic mass is 16.6. The van der Waals surface area contributed by atoms with E-state index in [2.05, 4.69) is 15.0 Å². The molecule has 6 heteroatoms. The summed E-state index contributed by atoms with van der Waals surface area (Å²) >= 11 is 0. The van der Waals surface area contributed by atoms with E-state index in [1.165, 1.54) is 6.20 Å². The van der Waals surface area contributed by atoms with Crippen LogP contribution in [-0.2, 0) is 11.8 Å². The second-order valence-corrected chi connectivity index (χ2v) is 6.78. The molecule has 0 unspecified atom stereocenters. The maximum absolute atomic E-state index is 12.0. The lowest BCUT2D eigenvalue weighted by molar-refractivity contribution is 0.00624. The molecule has 3 rings (SSSR count). The van der Waals surface area contributed by atoms with Crippen molar-refractivity contribution in [1.82, 2.24) is 19.5 Å². The predicted octanol–water partition coefficient (Wildman–Crippen LogP) is 3.29. The lowest BCUT2D eigenvalue weighted by atomic mass is 10.2. The number of esters is 1. The Hall–Kier alpha value is -2.76. The van der Waals surface area contributed by atoms with Crippen LogP contribution in [-0.4, -0.2) is 31.1 Å². The van der Waals surface area contributed by atoms with Crippen LogP contribution in [0.25, 0.3) is 22.6 Å². The molecule has 0 atom stereocenters. The van der Waals surface area contributed by atoms with Crippen molar-refractivity contribution in [3.05, 3.63) is 41.9 Å². The van der Waals surface area contributed by atoms with Gasteiger partial charge in [-0.3, -0.25) is 0 Å². The van der Waals surface area contributed by atoms with Crippen LogP contribution in [0, 0.1) is 6.92 Å². The van der Waals surface area contributed by atoms with Gasteiger partial charge in [0.15, 0.2) is 11.5 Å². The van der Waals surface area contributed by atoms with Gasteiger partial charge in [-0.2, -0.15) is 0 Å². The summed E-state index contributed by atoms with van der Waals surface area (Å²) in [5.41, 5.74) is 3.31. The number of hydrogen-bond acceptors (Lipinski definition) is 5. The second kappa shape index (κ2) is 5.70. The minimum atomic E-state index is -0.563. The highest BCUT2D eigenvalue weighted by Gasteiger charge is 2.20. The zero-order valence-electron chi connectivity index (χ0n) is 14.5. The number of rotatable bonds is 2. The van der Waals surface area contributed by atoms with Gasteiger partial charge >= 0.3 is 5.97 Å². The summed E-state index contributed by atoms with van der Waals surface area (Å²) in [6.07, 6.45) is 2.97. The highest BCUT2D eigenvalue weighted by Crippen LogP contribution is 2.22. The molecule has 2 aromatic heterocycles. The molecule has 3 aromatic rings. The van der Waals surface area contributed by atoms with Gasteiger partial charge in [0.2, 0.25) is 0 Å². The number of ether oxygens (including phenoxy) is 1. The van der Waals surface area contributed by atoms with E-state index in [1.807, 2.05) is 57.5 Å². The van der Waals surface area contributed by atoms with Crippen molar-refractivity contribution in [2.45, 2.75) is 33.3 Å². The standard InChI is InChI=1S/C18H20N4O2/c1-11-6-7-15-12(8-11)21-16(22(15)5)13-9-20-14(10-19-13)17(23)24-18(2,3)4/h6-10H,1-5H3. The Morgan fingerprint density at radius 1 is 1.17 bits per heavy atom. The Bertz CT molecular complexity index is 905. The smallest absolute Gasteiger partial charge is 0.359 e. The second-order valence-electron chi connectivity index (χ2n) is 6.78. The van der Waals surface area contributed by atoms with Gasteiger partial charge in [-0.15, -0.1) is 0 Å². The average Bonchev–Trinajstić information content (AvgIpc) is 2.82. The summed E-state index contributed by atoms with van der Waals surface area (Å²) in [6.45, 7) is 7.47. The third kappa shape index (κ3) is 3.13. The molecule has 0 bridgehead atoms. The number of hydrogen-bond donors (Lipinski definition) is 0. The van der Waals surface area contributed by atoms with Crippen LogP contribution >= 0.6 is 0 Å². The van der Waals surface area contributed by atoms with Crippen LogP contribution in [0.5, 0.6) is 0 Å². The van der Waals surface area contributed by atoms with Gasteiger partial charge in [0, 0.05) is 7.05 Å². The van der Waals surface area contributed by atoms with E-state index in [9.17, 15) is 4.79 Å². The van der Waals surface area contributed by atoms with E-state index in [1.54, 1.807) is 6.20 Å². The lowest BCUT2D eigenvalue weighted by Crippen LogP contribution is -2.24. The third-order valence-corrected chi connectivity index (χ3v) is 3.53. The van der Waals surface area contributed by atoms with Gasteiger partial charge in [0.1, 0.15) is 11.3 Å². The molecular formula is C18H20N4O2. The van der Waals surface area contributed by atoms with Gasteiger partial charge < -0.3 is 9.30 Å². The summed E-state index contributed by atoms with van der Waals surface area (Å²) in [4.78, 5) is 25.1. The molecule has 0 saturated carbocycles. The van der Waals surface area contributed by atoms with Gasteiger partial charge in [-0.25, -0.2) is 19.7 Å². The summed E-state index contributed by atoms with van der Waals surface area (Å²) < 4.78 is 7.26. The van der Waals surface area contributed by atoms with Crippen LogP contribution in [0.1, 0.15) is 36.8 Å². The van der Waals surface area contributed by atoms with Crippen molar-refractivity contribution in [3.63, 3.8) is 0 Å². The molecule has 6 nitrogen and oxygen atoms in total. The summed E-state index contributed by atoms with van der Waals surface area (Å²) in [5, 5.41) is 0. The number of aryl methyl sites for hydroxylation is 2. The van der Waals surface area contributed by atoms with Gasteiger partial charge in [-0.1, -0.05) is 6.07 Å². The molecule has 0 aliphatic carbocycles. The fraction of sp³-hybridized carbons (Fsp3) is 0.333. The molecule has 0 N–H and O–H groups in total. The number of fused-ring (bicyclic) bond motifs is 1. The minimum Gasteiger partial charge on any atom is -0.455 e. The van der Waals surface area contributed by atoms with Gasteiger partial charge in [0.05, 0.1) is 23.4 Å². The molecule has 0 fully saturated rings. The molecule has 0 spiro atoms. The summed E-state index contributed by atoms with van der Waals surface area (Å²) in [7, 11) is 1.93. The van der Waals surface area contributed by atoms with Crippen LogP contribution < -0.4 is 0 Å². The zero-order chi connectivity index (χ0) is 17.5. The summed E-state index contributed by atoms with van der Waals surface area (Å²) in [6, 6.07) is 6.11. The molecular weight excluding hydrogens is 304 g/mol. The molecule has 0 saturated heterocycles. The van der Waals surface area contributed by atoms with E-state index in [0.717, 1.165) is 16.6 Å². The van der Waals surface area contributed by atoms with Crippen LogP contribution in [0.3, 0.4) is 0 Å². The number of aromatic nitrogens is 4. The van der Waals surface area contributed by atoms with Crippen LogP contribution in [0.15, 0.2) is 30.6 Å². The zero-order valence-corrected chi connectivity index (χ0v) is 14.5. The topological polar surface area (TPSA) is 69.9 Å². The van der Waals surface area contributed by atoms with Crippen molar-refractivity contribution < 1.29 is 9.53 Å². The first-order valence-corrected chi connectivity index (χ1v) is 7.73. The predicted molar refractivity (Wildman–Crippen MR) is 91.6 cm³/mol. The molecule has 0 amide bonds. The van der Waals surface area contributed by atoms with E-state index >= 15 is 0 Å². The van der Waals surface area contributed by atoms with E-state index in [4.69, 9.17) is 4.74 Å². The first-order valence-electron chi connectivity index (χ1n) is 7.73. The van der Waals surface area contributed by atoms with E-state index in [-0.39, 0.29) is 5.69 Å². The fourth-order valence-electron chi connectivity index (χ4n) is 2.42. The first-order chi connectivity index (χ1) is 11.2. The maximum Gasteiger partial charge on any atom is 0.359 e. The number of imidazole rings is 1. The van der Waals surface area contributed by atoms with Gasteiger partial charge in [0.25, 0.3) is 0 Å². The van der Waals surface area contributed by atoms with Gasteiger partial charge in [-0.05, 0) is 45.4 Å². The van der Waals surface area contributed by atoms with Crippen molar-refractivity contribution in [2.24, 2.45) is 7.05 Å². The van der Waals surface area contributed by atoms with Crippen LogP contribution in [0.4, 0.5) is 0 Å². The molecule has 0 radical (unpaired) electrons. The van der Waals surface area contributed by atoms with Crippen LogP contribution in [0.2, 0.25) is 0 Å². The van der Waals surface area contributed by atoms with Crippen molar-refractivity contribution >= 4 is 17.0 Å². The Morgan fingerprint density at radius 2 is 1.92 bits per heavy atom. The number of benzene rings is 1. The minimum absolute atomic E-state index is 0.184. The van der Waals surface area contributed by atoms with E-state index < -0.39 is 11.6 Å². The monoisotopic (exact) mass is 324 g/mol. The SMILES string of the molecule is Cc1ccc2c(c1)nc(-c1cnc(C(=O)OC(C)(C)C)cn1)n2C. The molecule has 0 aliphatic heterocycles. The molecule has 0 aliphatic rings. The Balaban J connectivity index is 1.94. The first kappa shape index (κ1) is 16.1. The number of carbonyl (C=O) groups excluding carboxylic acids is 1. The number of carbonyl (C=O) groups is 1. The molecule has 24 heavy (non-hydrogen) atoms. The van der Waals surface area contributed by atoms with E-state index in [0.29, 0.717) is 11.5 Å². The Kier molecular flexibility index (Phi) is 3.83. The normalized spacial score (nSPS) is 11.7. The molecule has 2 heterocycles. The maximum atomic E-state index is 12.0. The largest absolute Gasteiger partial charge is 0.455 e.